The molecule has 0 aliphatic heterocycles. The van der Waals surface area contributed by atoms with Crippen molar-refractivity contribution in [2.24, 2.45) is 29.6 Å². The Kier molecular flexibility index (Phi) is 2.02. The van der Waals surface area contributed by atoms with Gasteiger partial charge in [0.15, 0.2) is 0 Å². The molecule has 6 unspecified atom stereocenters. The Morgan fingerprint density at radius 3 is 2.38 bits per heavy atom. The predicted octanol–water partition coefficient (Wildman–Crippen LogP) is 3.36. The van der Waals surface area contributed by atoms with Crippen molar-refractivity contribution in [2.75, 3.05) is 0 Å². The Morgan fingerprint density at radius 2 is 1.81 bits per heavy atom. The highest BCUT2D eigenvalue weighted by atomic mass is 16.3. The highest BCUT2D eigenvalue weighted by molar-refractivity contribution is 5.04. The molecule has 0 aromatic rings. The normalized spacial score (nSPS) is 58.7. The van der Waals surface area contributed by atoms with E-state index in [-0.39, 0.29) is 5.60 Å². The molecule has 6 atom stereocenters. The highest BCUT2D eigenvalue weighted by Crippen LogP contribution is 2.57. The van der Waals surface area contributed by atoms with E-state index in [2.05, 4.69) is 0 Å². The summed E-state index contributed by atoms with van der Waals surface area (Å²) in [5, 5.41) is 10.9. The molecule has 4 aliphatic carbocycles. The molecule has 0 radical (unpaired) electrons. The highest BCUT2D eigenvalue weighted by Gasteiger charge is 2.52. The Balaban J connectivity index is 1.47. The molecule has 4 bridgehead atoms. The molecule has 1 heteroatoms. The fraction of sp³-hybridized carbons (Fsp3) is 1.00. The summed E-state index contributed by atoms with van der Waals surface area (Å²) >= 11 is 0. The first-order valence-corrected chi connectivity index (χ1v) is 7.45. The number of fused-ring (bicyclic) bond motifs is 4. The second kappa shape index (κ2) is 3.25. The van der Waals surface area contributed by atoms with Gasteiger partial charge >= 0.3 is 0 Å². The summed E-state index contributed by atoms with van der Waals surface area (Å²) in [6.07, 6.45) is 12.3. The molecule has 4 rings (SSSR count). The van der Waals surface area contributed by atoms with E-state index in [0.29, 0.717) is 5.92 Å². The molecule has 0 heterocycles. The van der Waals surface area contributed by atoms with Gasteiger partial charge in [-0.1, -0.05) is 6.42 Å². The van der Waals surface area contributed by atoms with Crippen molar-refractivity contribution in [3.63, 3.8) is 0 Å². The van der Waals surface area contributed by atoms with Gasteiger partial charge in [-0.15, -0.1) is 0 Å². The van der Waals surface area contributed by atoms with E-state index in [1.54, 1.807) is 0 Å². The van der Waals surface area contributed by atoms with Gasteiger partial charge in [-0.05, 0) is 81.0 Å². The third-order valence-electron chi connectivity index (χ3n) is 6.44. The zero-order chi connectivity index (χ0) is 10.8. The molecular formula is C15H24O. The summed E-state index contributed by atoms with van der Waals surface area (Å²) in [5.41, 5.74) is -0.224. The van der Waals surface area contributed by atoms with E-state index in [1.165, 1.54) is 44.9 Å². The lowest BCUT2D eigenvalue weighted by Crippen LogP contribution is -2.38. The SMILES string of the molecule is OC1(CC2CC3CCC2C3)CC2CCC1C2. The lowest BCUT2D eigenvalue weighted by atomic mass is 9.74. The minimum atomic E-state index is -0.224. The molecule has 16 heavy (non-hydrogen) atoms. The Hall–Kier alpha value is -0.0400. The van der Waals surface area contributed by atoms with Crippen LogP contribution in [0.15, 0.2) is 0 Å². The number of hydrogen-bond acceptors (Lipinski definition) is 1. The molecule has 1 nitrogen and oxygen atoms in total. The molecule has 1 N–H and O–H groups in total. The molecule has 0 aromatic heterocycles. The molecule has 4 saturated carbocycles. The van der Waals surface area contributed by atoms with Crippen molar-refractivity contribution in [1.82, 2.24) is 0 Å². The number of hydrogen-bond donors (Lipinski definition) is 1. The standard InChI is InChI=1S/C15H24O/c16-15(8-11-2-4-14(15)7-11)9-13-6-10-1-3-12(13)5-10/h10-14,16H,1-9H2. The van der Waals surface area contributed by atoms with Crippen molar-refractivity contribution in [3.8, 4) is 0 Å². The van der Waals surface area contributed by atoms with Crippen LogP contribution >= 0.6 is 0 Å². The van der Waals surface area contributed by atoms with Crippen LogP contribution in [0, 0.1) is 29.6 Å². The summed E-state index contributed by atoms with van der Waals surface area (Å²) in [7, 11) is 0. The van der Waals surface area contributed by atoms with Gasteiger partial charge in [0.05, 0.1) is 5.60 Å². The largest absolute Gasteiger partial charge is 0.390 e. The Morgan fingerprint density at radius 1 is 0.938 bits per heavy atom. The second-order valence-electron chi connectivity index (χ2n) is 7.32. The smallest absolute Gasteiger partial charge is 0.0681 e. The maximum absolute atomic E-state index is 10.9. The van der Waals surface area contributed by atoms with Crippen molar-refractivity contribution in [3.05, 3.63) is 0 Å². The van der Waals surface area contributed by atoms with Gasteiger partial charge in [0.25, 0.3) is 0 Å². The molecule has 90 valence electrons. The Bertz CT molecular complexity index is 300. The van der Waals surface area contributed by atoms with Gasteiger partial charge < -0.3 is 5.11 Å². The quantitative estimate of drug-likeness (QED) is 0.756. The second-order valence-corrected chi connectivity index (χ2v) is 7.32. The third-order valence-corrected chi connectivity index (χ3v) is 6.44. The van der Waals surface area contributed by atoms with Crippen LogP contribution in [-0.2, 0) is 0 Å². The van der Waals surface area contributed by atoms with Crippen LogP contribution in [-0.4, -0.2) is 10.7 Å². The summed E-state index contributed by atoms with van der Waals surface area (Å²) in [4.78, 5) is 0. The first kappa shape index (κ1) is 9.94. The van der Waals surface area contributed by atoms with Gasteiger partial charge in [0, 0.05) is 0 Å². The molecular weight excluding hydrogens is 196 g/mol. The van der Waals surface area contributed by atoms with Crippen molar-refractivity contribution < 1.29 is 5.11 Å². The lowest BCUT2D eigenvalue weighted by molar-refractivity contribution is -0.0396. The number of aliphatic hydroxyl groups is 1. The average molecular weight is 220 g/mol. The maximum atomic E-state index is 10.9. The van der Waals surface area contributed by atoms with E-state index in [9.17, 15) is 5.11 Å². The lowest BCUT2D eigenvalue weighted by Gasteiger charge is -2.37. The molecule has 4 fully saturated rings. The van der Waals surface area contributed by atoms with Crippen molar-refractivity contribution in [2.45, 2.75) is 63.4 Å². The van der Waals surface area contributed by atoms with Crippen LogP contribution in [0.3, 0.4) is 0 Å². The topological polar surface area (TPSA) is 20.2 Å². The molecule has 0 amide bonds. The molecule has 0 spiro atoms. The molecule has 4 aliphatic rings. The van der Waals surface area contributed by atoms with E-state index >= 15 is 0 Å². The van der Waals surface area contributed by atoms with Crippen LogP contribution in [0.4, 0.5) is 0 Å². The van der Waals surface area contributed by atoms with E-state index in [0.717, 1.165) is 36.5 Å². The number of rotatable bonds is 2. The van der Waals surface area contributed by atoms with Gasteiger partial charge in [-0.25, -0.2) is 0 Å². The summed E-state index contributed by atoms with van der Waals surface area (Å²) in [6.45, 7) is 0. The van der Waals surface area contributed by atoms with Crippen LogP contribution in [0.1, 0.15) is 57.8 Å². The zero-order valence-corrected chi connectivity index (χ0v) is 10.2. The summed E-state index contributed by atoms with van der Waals surface area (Å²) < 4.78 is 0. The van der Waals surface area contributed by atoms with Crippen molar-refractivity contribution in [1.29, 1.82) is 0 Å². The van der Waals surface area contributed by atoms with Crippen LogP contribution in [0.2, 0.25) is 0 Å². The van der Waals surface area contributed by atoms with Gasteiger partial charge in [-0.2, -0.15) is 0 Å². The van der Waals surface area contributed by atoms with E-state index in [4.69, 9.17) is 0 Å². The monoisotopic (exact) mass is 220 g/mol. The average Bonchev–Trinajstić information content (AvgIpc) is 2.93. The molecule has 0 aromatic carbocycles. The minimum Gasteiger partial charge on any atom is -0.390 e. The van der Waals surface area contributed by atoms with Crippen LogP contribution in [0.5, 0.6) is 0 Å². The van der Waals surface area contributed by atoms with Crippen molar-refractivity contribution >= 4 is 0 Å². The minimum absolute atomic E-state index is 0.224. The zero-order valence-electron chi connectivity index (χ0n) is 10.2. The fourth-order valence-electron chi connectivity index (χ4n) is 5.75. The predicted molar refractivity (Wildman–Crippen MR) is 64.0 cm³/mol. The van der Waals surface area contributed by atoms with Gasteiger partial charge in [-0.3, -0.25) is 0 Å². The van der Waals surface area contributed by atoms with Crippen LogP contribution in [0.25, 0.3) is 0 Å². The van der Waals surface area contributed by atoms with E-state index in [1.807, 2.05) is 0 Å². The molecule has 0 saturated heterocycles. The van der Waals surface area contributed by atoms with E-state index < -0.39 is 0 Å². The summed E-state index contributed by atoms with van der Waals surface area (Å²) in [6, 6.07) is 0. The third kappa shape index (κ3) is 1.33. The maximum Gasteiger partial charge on any atom is 0.0681 e. The fourth-order valence-corrected chi connectivity index (χ4v) is 5.75. The first-order chi connectivity index (χ1) is 7.73. The van der Waals surface area contributed by atoms with Crippen LogP contribution < -0.4 is 0 Å². The van der Waals surface area contributed by atoms with Gasteiger partial charge in [0.2, 0.25) is 0 Å². The van der Waals surface area contributed by atoms with Gasteiger partial charge in [0.1, 0.15) is 0 Å². The first-order valence-electron chi connectivity index (χ1n) is 7.45. The summed E-state index contributed by atoms with van der Waals surface area (Å²) in [5.74, 6) is 4.48. The Labute approximate surface area is 98.6 Å².